The lowest BCUT2D eigenvalue weighted by molar-refractivity contribution is -0.129. The molecular weight excluding hydrogens is 252 g/mol. The maximum absolute atomic E-state index is 12.1. The van der Waals surface area contributed by atoms with E-state index in [0.717, 1.165) is 13.1 Å². The number of hydrogen-bond donors (Lipinski definition) is 0. The van der Waals surface area contributed by atoms with Crippen LogP contribution in [0.25, 0.3) is 0 Å². The molecule has 0 radical (unpaired) electrons. The lowest BCUT2D eigenvalue weighted by Crippen LogP contribution is -2.35. The van der Waals surface area contributed by atoms with Crippen LogP contribution in [0.1, 0.15) is 17.2 Å². The van der Waals surface area contributed by atoms with Crippen LogP contribution in [-0.2, 0) is 4.79 Å². The molecule has 0 aliphatic carbocycles. The van der Waals surface area contributed by atoms with E-state index in [2.05, 4.69) is 22.4 Å². The summed E-state index contributed by atoms with van der Waals surface area (Å²) in [7, 11) is 4.08. The van der Waals surface area contributed by atoms with Gasteiger partial charge in [0.15, 0.2) is 0 Å². The first kappa shape index (κ1) is 12.9. The minimum atomic E-state index is 0.0873. The van der Waals surface area contributed by atoms with Gasteiger partial charge in [-0.05, 0) is 32.5 Å². The predicted molar refractivity (Wildman–Crippen MR) is 74.4 cm³/mol. The Labute approximate surface area is 111 Å². The highest BCUT2D eigenvalue weighted by Gasteiger charge is 2.38. The third kappa shape index (κ3) is 2.84. The van der Waals surface area contributed by atoms with Gasteiger partial charge in [-0.25, -0.2) is 0 Å². The second-order valence-corrected chi connectivity index (χ2v) is 6.89. The molecule has 1 aromatic heterocycles. The van der Waals surface area contributed by atoms with Gasteiger partial charge in [-0.1, -0.05) is 6.07 Å². The summed E-state index contributed by atoms with van der Waals surface area (Å²) in [4.78, 5) is 17.5. The Kier molecular flexibility index (Phi) is 4.12. The lowest BCUT2D eigenvalue weighted by atomic mass is 10.3. The van der Waals surface area contributed by atoms with Gasteiger partial charge in [-0.3, -0.25) is 4.79 Å². The van der Waals surface area contributed by atoms with Crippen LogP contribution in [0.4, 0.5) is 0 Å². The molecule has 2 unspecified atom stereocenters. The zero-order valence-corrected chi connectivity index (χ0v) is 12.1. The van der Waals surface area contributed by atoms with Crippen LogP contribution in [-0.4, -0.2) is 48.1 Å². The summed E-state index contributed by atoms with van der Waals surface area (Å²) in [6, 6.07) is 4.18. The molecule has 1 aliphatic heterocycles. The first-order chi connectivity index (χ1) is 8.09. The molecule has 1 aliphatic rings. The van der Waals surface area contributed by atoms with E-state index in [1.807, 2.05) is 25.9 Å². The molecule has 0 aromatic carbocycles. The van der Waals surface area contributed by atoms with Crippen LogP contribution < -0.4 is 0 Å². The SMILES string of the molecule is CC1SC(c2cccs2)N(CCN(C)C)C1=O. The van der Waals surface area contributed by atoms with Gasteiger partial charge in [-0.2, -0.15) is 0 Å². The molecule has 1 fully saturated rings. The van der Waals surface area contributed by atoms with Crippen molar-refractivity contribution in [2.75, 3.05) is 27.2 Å². The van der Waals surface area contributed by atoms with Crippen molar-refractivity contribution in [3.63, 3.8) is 0 Å². The number of amides is 1. The van der Waals surface area contributed by atoms with Crippen LogP contribution in [0.2, 0.25) is 0 Å². The monoisotopic (exact) mass is 270 g/mol. The minimum absolute atomic E-state index is 0.0873. The highest BCUT2D eigenvalue weighted by molar-refractivity contribution is 8.01. The number of carbonyl (C=O) groups is 1. The number of carbonyl (C=O) groups excluding carboxylic acids is 1. The molecule has 3 nitrogen and oxygen atoms in total. The van der Waals surface area contributed by atoms with E-state index in [1.54, 1.807) is 23.1 Å². The van der Waals surface area contributed by atoms with Crippen molar-refractivity contribution in [2.24, 2.45) is 0 Å². The predicted octanol–water partition coefficient (Wildman–Crippen LogP) is 2.27. The minimum Gasteiger partial charge on any atom is -0.323 e. The molecule has 17 heavy (non-hydrogen) atoms. The fourth-order valence-electron chi connectivity index (χ4n) is 1.86. The number of thiophene rings is 1. The molecule has 5 heteroatoms. The fourth-order valence-corrected chi connectivity index (χ4v) is 4.12. The largest absolute Gasteiger partial charge is 0.323 e. The highest BCUT2D eigenvalue weighted by Crippen LogP contribution is 2.44. The summed E-state index contributed by atoms with van der Waals surface area (Å²) in [5, 5.41) is 2.38. The maximum Gasteiger partial charge on any atom is 0.236 e. The van der Waals surface area contributed by atoms with Crippen LogP contribution in [0.5, 0.6) is 0 Å². The fraction of sp³-hybridized carbons (Fsp3) is 0.583. The Morgan fingerprint density at radius 1 is 1.47 bits per heavy atom. The van der Waals surface area contributed by atoms with Gasteiger partial charge in [0.1, 0.15) is 5.37 Å². The highest BCUT2D eigenvalue weighted by atomic mass is 32.2. The Bertz CT molecular complexity index is 378. The third-order valence-corrected chi connectivity index (χ3v) is 5.27. The molecule has 0 spiro atoms. The van der Waals surface area contributed by atoms with Crippen LogP contribution in [0, 0.1) is 0 Å². The van der Waals surface area contributed by atoms with E-state index in [-0.39, 0.29) is 16.5 Å². The molecule has 1 saturated heterocycles. The van der Waals surface area contributed by atoms with Crippen molar-refractivity contribution in [3.05, 3.63) is 22.4 Å². The van der Waals surface area contributed by atoms with Gasteiger partial charge in [0.25, 0.3) is 0 Å². The molecular formula is C12H18N2OS2. The second kappa shape index (κ2) is 5.42. The summed E-state index contributed by atoms with van der Waals surface area (Å²) in [5.74, 6) is 0.273. The summed E-state index contributed by atoms with van der Waals surface area (Å²) in [6.07, 6.45) is 0. The summed E-state index contributed by atoms with van der Waals surface area (Å²) in [5.41, 5.74) is 0. The van der Waals surface area contributed by atoms with Gasteiger partial charge < -0.3 is 9.80 Å². The summed E-state index contributed by atoms with van der Waals surface area (Å²) in [6.45, 7) is 3.73. The molecule has 0 saturated carbocycles. The second-order valence-electron chi connectivity index (χ2n) is 4.48. The summed E-state index contributed by atoms with van der Waals surface area (Å²) < 4.78 is 0. The topological polar surface area (TPSA) is 23.6 Å². The zero-order valence-electron chi connectivity index (χ0n) is 10.4. The number of rotatable bonds is 4. The van der Waals surface area contributed by atoms with Crippen LogP contribution in [0.15, 0.2) is 17.5 Å². The molecule has 2 rings (SSSR count). The van der Waals surface area contributed by atoms with Gasteiger partial charge in [-0.15, -0.1) is 23.1 Å². The first-order valence-electron chi connectivity index (χ1n) is 5.73. The molecule has 1 amide bonds. The van der Waals surface area contributed by atoms with E-state index < -0.39 is 0 Å². The van der Waals surface area contributed by atoms with E-state index in [9.17, 15) is 4.79 Å². The normalized spacial score (nSPS) is 24.9. The first-order valence-corrected chi connectivity index (χ1v) is 7.56. The zero-order chi connectivity index (χ0) is 12.4. The van der Waals surface area contributed by atoms with E-state index in [0.29, 0.717) is 0 Å². The smallest absolute Gasteiger partial charge is 0.236 e. The van der Waals surface area contributed by atoms with Crippen molar-refractivity contribution in [2.45, 2.75) is 17.5 Å². The van der Waals surface area contributed by atoms with Gasteiger partial charge in [0.2, 0.25) is 5.91 Å². The quantitative estimate of drug-likeness (QED) is 0.838. The molecule has 94 valence electrons. The molecule has 2 atom stereocenters. The summed E-state index contributed by atoms with van der Waals surface area (Å²) >= 11 is 3.49. The Morgan fingerprint density at radius 3 is 2.82 bits per heavy atom. The molecule has 0 N–H and O–H groups in total. The molecule has 1 aromatic rings. The lowest BCUT2D eigenvalue weighted by Gasteiger charge is -2.24. The Balaban J connectivity index is 2.11. The Morgan fingerprint density at radius 2 is 2.24 bits per heavy atom. The molecule has 2 heterocycles. The van der Waals surface area contributed by atoms with Crippen LogP contribution in [0.3, 0.4) is 0 Å². The maximum atomic E-state index is 12.1. The number of thioether (sulfide) groups is 1. The average molecular weight is 270 g/mol. The van der Waals surface area contributed by atoms with Gasteiger partial charge >= 0.3 is 0 Å². The molecule has 0 bridgehead atoms. The van der Waals surface area contributed by atoms with Gasteiger partial charge in [0, 0.05) is 18.0 Å². The number of likely N-dealkylation sites (N-methyl/N-ethyl adjacent to an activating group) is 1. The van der Waals surface area contributed by atoms with Crippen molar-refractivity contribution in [1.82, 2.24) is 9.80 Å². The van der Waals surface area contributed by atoms with Gasteiger partial charge in [0.05, 0.1) is 5.25 Å². The standard InChI is InChI=1S/C12H18N2OS2/c1-9-11(15)14(7-6-13(2)3)12(17-9)10-5-4-8-16-10/h4-5,8-9,12H,6-7H2,1-3H3. The van der Waals surface area contributed by atoms with E-state index in [1.165, 1.54) is 4.88 Å². The number of nitrogens with zero attached hydrogens (tertiary/aromatic N) is 2. The van der Waals surface area contributed by atoms with Crippen molar-refractivity contribution < 1.29 is 4.79 Å². The number of hydrogen-bond acceptors (Lipinski definition) is 4. The Hall–Kier alpha value is -0.520. The van der Waals surface area contributed by atoms with Crippen molar-refractivity contribution >= 4 is 29.0 Å². The third-order valence-electron chi connectivity index (χ3n) is 2.82. The van der Waals surface area contributed by atoms with E-state index in [4.69, 9.17) is 0 Å². The average Bonchev–Trinajstić information content (AvgIpc) is 2.87. The van der Waals surface area contributed by atoms with Crippen molar-refractivity contribution in [1.29, 1.82) is 0 Å². The van der Waals surface area contributed by atoms with Crippen molar-refractivity contribution in [3.8, 4) is 0 Å². The van der Waals surface area contributed by atoms with Crippen LogP contribution >= 0.6 is 23.1 Å². The van der Waals surface area contributed by atoms with E-state index >= 15 is 0 Å².